The van der Waals surface area contributed by atoms with Gasteiger partial charge in [-0.25, -0.2) is 17.6 Å². The second-order valence-electron chi connectivity index (χ2n) is 3.56. The molecule has 0 aliphatic carbocycles. The minimum Gasteiger partial charge on any atom is -0.334 e. The van der Waals surface area contributed by atoms with E-state index in [0.29, 0.717) is 12.1 Å². The SMILES string of the molecule is O=C(COC(F)C(F)F)Nc1c(F)ccc([N+](=O)[O-])c1F. The van der Waals surface area contributed by atoms with Crippen LogP contribution in [0.15, 0.2) is 12.1 Å². The van der Waals surface area contributed by atoms with Gasteiger partial charge in [-0.1, -0.05) is 0 Å². The summed E-state index contributed by atoms with van der Waals surface area (Å²) >= 11 is 0. The molecule has 0 heterocycles. The molecule has 1 N–H and O–H groups in total. The van der Waals surface area contributed by atoms with E-state index < -0.39 is 53.2 Å². The molecule has 0 saturated carbocycles. The highest BCUT2D eigenvalue weighted by Gasteiger charge is 2.24. The number of hydrogen-bond acceptors (Lipinski definition) is 4. The number of ether oxygens (including phenoxy) is 1. The number of amides is 1. The predicted octanol–water partition coefficient (Wildman–Crippen LogP) is 2.39. The third-order valence-electron chi connectivity index (χ3n) is 2.10. The van der Waals surface area contributed by atoms with Gasteiger partial charge in [-0.3, -0.25) is 14.9 Å². The Balaban J connectivity index is 2.81. The van der Waals surface area contributed by atoms with E-state index in [2.05, 4.69) is 4.74 Å². The Labute approximate surface area is 113 Å². The first-order valence-corrected chi connectivity index (χ1v) is 5.20. The lowest BCUT2D eigenvalue weighted by atomic mass is 10.2. The molecule has 1 amide bonds. The Hall–Kier alpha value is -2.30. The molecule has 1 rings (SSSR count). The summed E-state index contributed by atoms with van der Waals surface area (Å²) in [7, 11) is 0. The van der Waals surface area contributed by atoms with Crippen LogP contribution >= 0.6 is 0 Å². The zero-order valence-electron chi connectivity index (χ0n) is 9.99. The molecule has 11 heteroatoms. The molecule has 0 saturated heterocycles. The summed E-state index contributed by atoms with van der Waals surface area (Å²) in [4.78, 5) is 20.5. The van der Waals surface area contributed by atoms with Crippen molar-refractivity contribution in [2.75, 3.05) is 11.9 Å². The van der Waals surface area contributed by atoms with Crippen molar-refractivity contribution < 1.29 is 36.4 Å². The molecule has 21 heavy (non-hydrogen) atoms. The van der Waals surface area contributed by atoms with Gasteiger partial charge in [-0.05, 0) is 6.07 Å². The van der Waals surface area contributed by atoms with Crippen LogP contribution in [0, 0.1) is 21.7 Å². The second kappa shape index (κ2) is 6.92. The van der Waals surface area contributed by atoms with Crippen LogP contribution in [0.2, 0.25) is 0 Å². The highest BCUT2D eigenvalue weighted by molar-refractivity contribution is 5.92. The summed E-state index contributed by atoms with van der Waals surface area (Å²) in [5.74, 6) is -4.37. The van der Waals surface area contributed by atoms with Gasteiger partial charge in [0.15, 0.2) is 0 Å². The van der Waals surface area contributed by atoms with E-state index in [0.717, 1.165) is 0 Å². The minimum absolute atomic E-state index is 0.523. The number of rotatable bonds is 6. The van der Waals surface area contributed by atoms with E-state index in [1.54, 1.807) is 0 Å². The first-order valence-electron chi connectivity index (χ1n) is 5.20. The fraction of sp³-hybridized carbons (Fsp3) is 0.300. The summed E-state index contributed by atoms with van der Waals surface area (Å²) in [5, 5.41) is 12.0. The highest BCUT2D eigenvalue weighted by atomic mass is 19.3. The Bertz CT molecular complexity index is 554. The number of carbonyl (C=O) groups is 1. The Morgan fingerprint density at radius 1 is 1.33 bits per heavy atom. The van der Waals surface area contributed by atoms with Crippen molar-refractivity contribution in [3.8, 4) is 0 Å². The third-order valence-corrected chi connectivity index (χ3v) is 2.10. The van der Waals surface area contributed by atoms with Crippen molar-refractivity contribution in [1.29, 1.82) is 0 Å². The van der Waals surface area contributed by atoms with Crippen LogP contribution in [0.5, 0.6) is 0 Å². The zero-order chi connectivity index (χ0) is 16.2. The molecular weight excluding hydrogens is 307 g/mol. The van der Waals surface area contributed by atoms with Crippen molar-refractivity contribution in [1.82, 2.24) is 0 Å². The molecule has 1 aromatic carbocycles. The number of anilines is 1. The molecule has 1 atom stereocenters. The third kappa shape index (κ3) is 4.34. The molecule has 1 aromatic rings. The van der Waals surface area contributed by atoms with Crippen LogP contribution in [0.25, 0.3) is 0 Å². The van der Waals surface area contributed by atoms with Gasteiger partial charge in [0, 0.05) is 6.07 Å². The Morgan fingerprint density at radius 3 is 2.48 bits per heavy atom. The summed E-state index contributed by atoms with van der Waals surface area (Å²) in [6, 6.07) is 1.06. The fourth-order valence-electron chi connectivity index (χ4n) is 1.20. The first-order chi connectivity index (χ1) is 9.73. The Morgan fingerprint density at radius 2 is 1.95 bits per heavy atom. The summed E-state index contributed by atoms with van der Waals surface area (Å²) < 4.78 is 66.5. The minimum atomic E-state index is -3.50. The van der Waals surface area contributed by atoms with Crippen molar-refractivity contribution >= 4 is 17.3 Å². The maximum atomic E-state index is 13.5. The quantitative estimate of drug-likeness (QED) is 0.496. The van der Waals surface area contributed by atoms with Crippen LogP contribution in [-0.4, -0.2) is 30.2 Å². The molecule has 0 aliphatic heterocycles. The number of nitro benzene ring substituents is 1. The van der Waals surface area contributed by atoms with Crippen molar-refractivity contribution in [3.63, 3.8) is 0 Å². The van der Waals surface area contributed by atoms with Gasteiger partial charge < -0.3 is 10.1 Å². The number of hydrogen-bond donors (Lipinski definition) is 1. The van der Waals surface area contributed by atoms with Crippen molar-refractivity contribution in [3.05, 3.63) is 33.9 Å². The zero-order valence-corrected chi connectivity index (χ0v) is 9.99. The number of nitrogens with one attached hydrogen (secondary N) is 1. The number of nitro groups is 1. The second-order valence-corrected chi connectivity index (χ2v) is 3.56. The number of halogens is 5. The molecule has 0 aromatic heterocycles. The maximum Gasteiger partial charge on any atom is 0.307 e. The van der Waals surface area contributed by atoms with Crippen LogP contribution in [0.3, 0.4) is 0 Å². The number of carbonyl (C=O) groups excluding carboxylic acids is 1. The van der Waals surface area contributed by atoms with Gasteiger partial charge in [-0.2, -0.15) is 4.39 Å². The number of benzene rings is 1. The van der Waals surface area contributed by atoms with Crippen molar-refractivity contribution in [2.24, 2.45) is 0 Å². The molecule has 116 valence electrons. The first kappa shape index (κ1) is 16.8. The van der Waals surface area contributed by atoms with Gasteiger partial charge in [0.2, 0.25) is 5.82 Å². The van der Waals surface area contributed by atoms with E-state index in [1.807, 2.05) is 0 Å². The van der Waals surface area contributed by atoms with Crippen LogP contribution in [-0.2, 0) is 9.53 Å². The Kier molecular flexibility index (Phi) is 5.52. The van der Waals surface area contributed by atoms with E-state index in [4.69, 9.17) is 0 Å². The van der Waals surface area contributed by atoms with E-state index in [-0.39, 0.29) is 0 Å². The molecule has 0 bridgehead atoms. The molecule has 0 spiro atoms. The van der Waals surface area contributed by atoms with E-state index in [1.165, 1.54) is 5.32 Å². The molecule has 0 fully saturated rings. The lowest BCUT2D eigenvalue weighted by molar-refractivity contribution is -0.387. The van der Waals surface area contributed by atoms with Crippen LogP contribution in [0.4, 0.5) is 33.3 Å². The smallest absolute Gasteiger partial charge is 0.307 e. The lowest BCUT2D eigenvalue weighted by Crippen LogP contribution is -2.25. The topological polar surface area (TPSA) is 81.5 Å². The van der Waals surface area contributed by atoms with Gasteiger partial charge in [-0.15, -0.1) is 0 Å². The van der Waals surface area contributed by atoms with E-state index in [9.17, 15) is 36.9 Å². The van der Waals surface area contributed by atoms with Gasteiger partial charge >= 0.3 is 5.69 Å². The van der Waals surface area contributed by atoms with Crippen molar-refractivity contribution in [2.45, 2.75) is 12.8 Å². The maximum absolute atomic E-state index is 13.5. The monoisotopic (exact) mass is 314 g/mol. The molecular formula is C10H7F5N2O4. The molecule has 0 radical (unpaired) electrons. The highest BCUT2D eigenvalue weighted by Crippen LogP contribution is 2.27. The molecule has 0 aliphatic rings. The number of alkyl halides is 3. The van der Waals surface area contributed by atoms with Crippen LogP contribution < -0.4 is 5.32 Å². The molecule has 6 nitrogen and oxygen atoms in total. The van der Waals surface area contributed by atoms with Gasteiger partial charge in [0.25, 0.3) is 18.7 Å². The van der Waals surface area contributed by atoms with Gasteiger partial charge in [0.05, 0.1) is 4.92 Å². The van der Waals surface area contributed by atoms with E-state index >= 15 is 0 Å². The average molecular weight is 314 g/mol. The standard InChI is InChI=1S/C10H7F5N2O4/c11-4-1-2-5(17(19)20)7(12)8(4)16-6(18)3-21-10(15)9(13)14/h1-2,9-10H,3H2,(H,16,18). The summed E-state index contributed by atoms with van der Waals surface area (Å²) in [5.41, 5.74) is -2.27. The largest absolute Gasteiger partial charge is 0.334 e. The summed E-state index contributed by atoms with van der Waals surface area (Å²) in [6.45, 7) is -1.26. The number of nitrogens with zero attached hydrogens (tertiary/aromatic N) is 1. The molecule has 1 unspecified atom stereocenters. The fourth-order valence-corrected chi connectivity index (χ4v) is 1.20. The lowest BCUT2D eigenvalue weighted by Gasteiger charge is -2.10. The van der Waals surface area contributed by atoms with Gasteiger partial charge in [0.1, 0.15) is 18.1 Å². The predicted molar refractivity (Wildman–Crippen MR) is 58.5 cm³/mol. The average Bonchev–Trinajstić information content (AvgIpc) is 2.40. The van der Waals surface area contributed by atoms with Crippen LogP contribution in [0.1, 0.15) is 0 Å². The normalized spacial score (nSPS) is 12.3. The summed E-state index contributed by atoms with van der Waals surface area (Å²) in [6.07, 6.45) is -6.54.